The topological polar surface area (TPSA) is 92.1 Å². The van der Waals surface area contributed by atoms with Gasteiger partial charge in [-0.2, -0.15) is 0 Å². The summed E-state index contributed by atoms with van der Waals surface area (Å²) in [4.78, 5) is 32.8. The van der Waals surface area contributed by atoms with Crippen molar-refractivity contribution in [3.05, 3.63) is 24.5 Å². The summed E-state index contributed by atoms with van der Waals surface area (Å²) in [6, 6.07) is 3.34. The van der Waals surface area contributed by atoms with Crippen LogP contribution in [0, 0.1) is 0 Å². The fourth-order valence-electron chi connectivity index (χ4n) is 1.55. The van der Waals surface area contributed by atoms with Crippen molar-refractivity contribution < 1.29 is 19.5 Å². The lowest BCUT2D eigenvalue weighted by Crippen LogP contribution is -2.37. The van der Waals surface area contributed by atoms with Crippen molar-refractivity contribution in [3.63, 3.8) is 0 Å². The van der Waals surface area contributed by atoms with Crippen LogP contribution in [0.4, 0.5) is 5.69 Å². The largest absolute Gasteiger partial charge is 0.477 e. The molecule has 1 N–H and O–H groups in total. The Morgan fingerprint density at radius 1 is 1.44 bits per heavy atom. The molecule has 7 nitrogen and oxygen atoms in total. The Morgan fingerprint density at radius 2 is 2.11 bits per heavy atom. The van der Waals surface area contributed by atoms with Gasteiger partial charge in [-0.1, -0.05) is 5.16 Å². The summed E-state index contributed by atoms with van der Waals surface area (Å²) in [7, 11) is 1.58. The summed E-state index contributed by atoms with van der Waals surface area (Å²) >= 11 is 0. The van der Waals surface area contributed by atoms with Crippen molar-refractivity contribution in [1.29, 1.82) is 0 Å². The molecule has 0 saturated heterocycles. The van der Waals surface area contributed by atoms with E-state index < -0.39 is 12.1 Å². The molecule has 1 aromatic rings. The Bertz CT molecular complexity index is 500. The van der Waals surface area contributed by atoms with Crippen LogP contribution in [0.2, 0.25) is 0 Å². The predicted molar refractivity (Wildman–Crippen MR) is 62.2 cm³/mol. The molecule has 1 unspecified atom stereocenters. The number of anilines is 1. The maximum absolute atomic E-state index is 12.0. The summed E-state index contributed by atoms with van der Waals surface area (Å²) in [6.07, 6.45) is 2.22. The molecule has 0 aliphatic carbocycles. The average Bonchev–Trinajstić information content (AvgIpc) is 2.88. The van der Waals surface area contributed by atoms with Crippen LogP contribution in [0.3, 0.4) is 0 Å². The van der Waals surface area contributed by atoms with Crippen LogP contribution in [-0.4, -0.2) is 40.8 Å². The Kier molecular flexibility index (Phi) is 3.22. The molecule has 1 atom stereocenters. The third kappa shape index (κ3) is 2.29. The number of nitrogens with zero attached hydrogens (tertiary/aromatic N) is 3. The zero-order chi connectivity index (χ0) is 13.1. The highest BCUT2D eigenvalue weighted by Gasteiger charge is 2.33. The van der Waals surface area contributed by atoms with E-state index in [1.54, 1.807) is 31.6 Å². The van der Waals surface area contributed by atoms with Crippen molar-refractivity contribution in [2.45, 2.75) is 12.5 Å². The normalized spacial score (nSPS) is 17.8. The molecule has 0 fully saturated rings. The highest BCUT2D eigenvalue weighted by molar-refractivity contribution is 6.36. The number of oxime groups is 1. The number of hydrogen-bond donors (Lipinski definition) is 1. The fraction of sp³-hybridized carbons (Fsp3) is 0.273. The average molecular weight is 249 g/mol. The number of likely N-dealkylation sites (N-methyl/N-ethyl adjacent to an activating group) is 1. The number of carbonyl (C=O) groups is 2. The van der Waals surface area contributed by atoms with Gasteiger partial charge in [0.05, 0.1) is 0 Å². The van der Waals surface area contributed by atoms with Crippen LogP contribution in [0.15, 0.2) is 29.7 Å². The van der Waals surface area contributed by atoms with Gasteiger partial charge in [0.2, 0.25) is 6.10 Å². The lowest BCUT2D eigenvalue weighted by Gasteiger charge is -2.19. The third-order valence-corrected chi connectivity index (χ3v) is 2.57. The number of aromatic nitrogens is 1. The summed E-state index contributed by atoms with van der Waals surface area (Å²) < 4.78 is 0. The Balaban J connectivity index is 2.04. The number of hydrogen-bond acceptors (Lipinski definition) is 5. The maximum Gasteiger partial charge on any atom is 0.353 e. The van der Waals surface area contributed by atoms with Crippen molar-refractivity contribution in [3.8, 4) is 0 Å². The van der Waals surface area contributed by atoms with Gasteiger partial charge in [-0.3, -0.25) is 9.78 Å². The summed E-state index contributed by atoms with van der Waals surface area (Å²) in [6.45, 7) is 0. The fourth-order valence-corrected chi connectivity index (χ4v) is 1.55. The highest BCUT2D eigenvalue weighted by Crippen LogP contribution is 2.17. The van der Waals surface area contributed by atoms with Gasteiger partial charge in [0.15, 0.2) is 5.71 Å². The molecule has 1 amide bonds. The summed E-state index contributed by atoms with van der Waals surface area (Å²) in [5.41, 5.74) is 0.513. The van der Waals surface area contributed by atoms with Crippen molar-refractivity contribution in [1.82, 2.24) is 4.98 Å². The Hall–Kier alpha value is -2.44. The Labute approximate surface area is 103 Å². The predicted octanol–water partition coefficient (Wildman–Crippen LogP) is 0.274. The van der Waals surface area contributed by atoms with Gasteiger partial charge >= 0.3 is 5.97 Å². The molecule has 1 aliphatic heterocycles. The van der Waals surface area contributed by atoms with Gasteiger partial charge in [-0.05, 0) is 12.1 Å². The van der Waals surface area contributed by atoms with E-state index in [9.17, 15) is 9.59 Å². The number of carbonyl (C=O) groups excluding carboxylic acids is 1. The van der Waals surface area contributed by atoms with Gasteiger partial charge in [0.1, 0.15) is 0 Å². The zero-order valence-corrected chi connectivity index (χ0v) is 9.61. The molecule has 0 bridgehead atoms. The molecule has 0 radical (unpaired) electrons. The monoisotopic (exact) mass is 249 g/mol. The van der Waals surface area contributed by atoms with E-state index in [2.05, 4.69) is 10.1 Å². The number of carboxylic acid groups (broad SMARTS) is 1. The number of carboxylic acids is 1. The molecule has 7 heteroatoms. The number of rotatable bonds is 3. The first-order valence-corrected chi connectivity index (χ1v) is 5.23. The molecule has 0 aromatic carbocycles. The quantitative estimate of drug-likeness (QED) is 0.830. The second kappa shape index (κ2) is 4.82. The zero-order valence-electron chi connectivity index (χ0n) is 9.61. The number of amides is 1. The van der Waals surface area contributed by atoms with Gasteiger partial charge < -0.3 is 14.8 Å². The third-order valence-electron chi connectivity index (χ3n) is 2.57. The van der Waals surface area contributed by atoms with Crippen molar-refractivity contribution >= 4 is 23.3 Å². The van der Waals surface area contributed by atoms with Crippen molar-refractivity contribution in [2.24, 2.45) is 5.16 Å². The van der Waals surface area contributed by atoms with Gasteiger partial charge in [-0.25, -0.2) is 4.79 Å². The van der Waals surface area contributed by atoms with Crippen LogP contribution in [-0.2, 0) is 14.4 Å². The smallest absolute Gasteiger partial charge is 0.353 e. The van der Waals surface area contributed by atoms with Crippen LogP contribution in [0.1, 0.15) is 6.42 Å². The molecule has 18 heavy (non-hydrogen) atoms. The lowest BCUT2D eigenvalue weighted by molar-refractivity contribution is -0.129. The van der Waals surface area contributed by atoms with Crippen LogP contribution < -0.4 is 4.90 Å². The molecule has 2 heterocycles. The maximum atomic E-state index is 12.0. The highest BCUT2D eigenvalue weighted by atomic mass is 16.6. The second-order valence-electron chi connectivity index (χ2n) is 3.74. The first-order valence-electron chi connectivity index (χ1n) is 5.23. The van der Waals surface area contributed by atoms with E-state index >= 15 is 0 Å². The van der Waals surface area contributed by atoms with Crippen LogP contribution in [0.5, 0.6) is 0 Å². The molecule has 0 spiro atoms. The van der Waals surface area contributed by atoms with Gasteiger partial charge in [-0.15, -0.1) is 0 Å². The van der Waals surface area contributed by atoms with Gasteiger partial charge in [0, 0.05) is 31.5 Å². The minimum absolute atomic E-state index is 0.0242. The van der Waals surface area contributed by atoms with E-state index in [4.69, 9.17) is 9.94 Å². The summed E-state index contributed by atoms with van der Waals surface area (Å²) in [5, 5.41) is 12.1. The molecular formula is C11H11N3O4. The van der Waals surface area contributed by atoms with Crippen LogP contribution in [0.25, 0.3) is 0 Å². The molecule has 0 saturated carbocycles. The van der Waals surface area contributed by atoms with E-state index in [1.165, 1.54) is 4.90 Å². The van der Waals surface area contributed by atoms with E-state index in [1.807, 2.05) is 0 Å². The molecular weight excluding hydrogens is 238 g/mol. The molecule has 1 aromatic heterocycles. The van der Waals surface area contributed by atoms with Gasteiger partial charge in [0.25, 0.3) is 5.91 Å². The molecule has 2 rings (SSSR count). The number of pyridine rings is 1. The summed E-state index contributed by atoms with van der Waals surface area (Å²) in [5.74, 6) is -1.52. The van der Waals surface area contributed by atoms with E-state index in [0.717, 1.165) is 0 Å². The second-order valence-corrected chi connectivity index (χ2v) is 3.74. The van der Waals surface area contributed by atoms with Crippen LogP contribution >= 0.6 is 0 Å². The first-order chi connectivity index (χ1) is 8.59. The Morgan fingerprint density at radius 3 is 2.67 bits per heavy atom. The minimum atomic E-state index is -1.17. The number of aliphatic carboxylic acids is 1. The van der Waals surface area contributed by atoms with E-state index in [-0.39, 0.29) is 18.0 Å². The first kappa shape index (κ1) is 12.0. The SMILES string of the molecule is CN(C(=O)C1CC(C(=O)O)=NO1)c1ccncc1. The minimum Gasteiger partial charge on any atom is -0.477 e. The molecule has 94 valence electrons. The molecule has 1 aliphatic rings. The standard InChI is InChI=1S/C11H11N3O4/c1-14(7-2-4-12-5-3-7)10(15)9-6-8(11(16)17)13-18-9/h2-5,9H,6H2,1H3,(H,16,17). The lowest BCUT2D eigenvalue weighted by atomic mass is 10.1. The van der Waals surface area contributed by atoms with Crippen molar-refractivity contribution in [2.75, 3.05) is 11.9 Å². The van der Waals surface area contributed by atoms with E-state index in [0.29, 0.717) is 5.69 Å².